The van der Waals surface area contributed by atoms with Gasteiger partial charge in [-0.3, -0.25) is 9.09 Å². The standard InChI is InChI=1S/C20H36O7P2/c1-15(11-14-26-29(24,25)27-28(21,22)23)10-13-20(5)16(2)8-9-17-18(20)7-6-12-19(17,3)4/h9,11,16,18H,6-8,10,12-14H2,1-5H3,(H,24,25)(H2,21,22,23)/p-1/b15-11+/t16-,18+,20+/m0/s1. The largest absolute Gasteiger partial charge is 0.756 e. The van der Waals surface area contributed by atoms with E-state index in [4.69, 9.17) is 4.89 Å². The van der Waals surface area contributed by atoms with Crippen molar-refractivity contribution in [3.63, 3.8) is 0 Å². The van der Waals surface area contributed by atoms with Gasteiger partial charge in [-0.1, -0.05) is 57.4 Å². The van der Waals surface area contributed by atoms with Gasteiger partial charge in [-0.25, -0.2) is 8.88 Å². The molecule has 2 unspecified atom stereocenters. The maximum atomic E-state index is 11.5. The normalized spacial score (nSPS) is 33.9. The quantitative estimate of drug-likeness (QED) is 0.391. The van der Waals surface area contributed by atoms with Gasteiger partial charge in [0, 0.05) is 0 Å². The lowest BCUT2D eigenvalue weighted by atomic mass is 9.52. The summed E-state index contributed by atoms with van der Waals surface area (Å²) in [7, 11) is -10.2. The van der Waals surface area contributed by atoms with Crippen LogP contribution in [-0.4, -0.2) is 16.4 Å². The molecule has 0 aromatic rings. The fourth-order valence-electron chi connectivity index (χ4n) is 4.96. The molecular weight excluding hydrogens is 414 g/mol. The van der Waals surface area contributed by atoms with Crippen LogP contribution in [0.2, 0.25) is 0 Å². The molecule has 1 saturated carbocycles. The zero-order valence-electron chi connectivity index (χ0n) is 18.1. The Morgan fingerprint density at radius 3 is 2.62 bits per heavy atom. The summed E-state index contributed by atoms with van der Waals surface area (Å²) in [4.78, 5) is 28.4. The summed E-state index contributed by atoms with van der Waals surface area (Å²) in [6, 6.07) is 0. The van der Waals surface area contributed by atoms with Crippen LogP contribution in [0, 0.1) is 22.7 Å². The average molecular weight is 449 g/mol. The fourth-order valence-corrected chi connectivity index (χ4v) is 6.45. The van der Waals surface area contributed by atoms with Crippen molar-refractivity contribution < 1.29 is 32.6 Å². The van der Waals surface area contributed by atoms with E-state index < -0.39 is 15.6 Å². The molecule has 9 heteroatoms. The van der Waals surface area contributed by atoms with Gasteiger partial charge in [0.25, 0.3) is 7.82 Å². The maximum Gasteiger partial charge on any atom is 0.479 e. The topological polar surface area (TPSA) is 116 Å². The lowest BCUT2D eigenvalue weighted by Crippen LogP contribution is -2.43. The van der Waals surface area contributed by atoms with Crippen LogP contribution in [0.15, 0.2) is 23.3 Å². The highest BCUT2D eigenvalue weighted by molar-refractivity contribution is 7.60. The third kappa shape index (κ3) is 6.61. The van der Waals surface area contributed by atoms with Crippen LogP contribution in [0.1, 0.15) is 73.1 Å². The number of hydrogen-bond acceptors (Lipinski definition) is 5. The Morgan fingerprint density at radius 1 is 1.34 bits per heavy atom. The summed E-state index contributed by atoms with van der Waals surface area (Å²) in [6.07, 6.45) is 10.8. The summed E-state index contributed by atoms with van der Waals surface area (Å²) >= 11 is 0. The Labute approximate surface area is 174 Å². The molecular formula is C20H35O7P2-. The first kappa shape index (κ1) is 25.0. The van der Waals surface area contributed by atoms with Gasteiger partial charge in [-0.05, 0) is 61.7 Å². The van der Waals surface area contributed by atoms with Crippen LogP contribution in [-0.2, 0) is 18.0 Å². The molecule has 0 aromatic carbocycles. The van der Waals surface area contributed by atoms with Crippen molar-refractivity contribution in [2.45, 2.75) is 73.1 Å². The van der Waals surface area contributed by atoms with Gasteiger partial charge in [-0.2, -0.15) is 0 Å². The highest BCUT2D eigenvalue weighted by Gasteiger charge is 2.47. The SMILES string of the molecule is C/C(=C\COP(=O)(O)OP(=O)([O-])O)CC[C@@]1(C)[C@@H]2CCCC(C)(C)C2=CC[C@@H]1C. The Bertz CT molecular complexity index is 752. The summed E-state index contributed by atoms with van der Waals surface area (Å²) < 4.78 is 30.3. The fraction of sp³-hybridized carbons (Fsp3) is 0.800. The maximum absolute atomic E-state index is 11.5. The van der Waals surface area contributed by atoms with Crippen LogP contribution in [0.3, 0.4) is 0 Å². The molecule has 0 saturated heterocycles. The van der Waals surface area contributed by atoms with Gasteiger partial charge in [0.15, 0.2) is 0 Å². The Balaban J connectivity index is 1.98. The number of fused-ring (bicyclic) bond motifs is 1. The number of phosphoric acid groups is 2. The summed E-state index contributed by atoms with van der Waals surface area (Å²) in [6.45, 7) is 11.1. The van der Waals surface area contributed by atoms with Gasteiger partial charge in [-0.15, -0.1) is 0 Å². The molecule has 0 aliphatic heterocycles. The molecule has 2 N–H and O–H groups in total. The number of rotatable bonds is 8. The first-order valence-corrected chi connectivity index (χ1v) is 13.2. The van der Waals surface area contributed by atoms with E-state index in [1.54, 1.807) is 11.6 Å². The second kappa shape index (κ2) is 9.08. The third-order valence-corrected chi connectivity index (χ3v) is 9.12. The van der Waals surface area contributed by atoms with Gasteiger partial charge in [0.1, 0.15) is 0 Å². The van der Waals surface area contributed by atoms with E-state index in [0.29, 0.717) is 11.8 Å². The van der Waals surface area contributed by atoms with Crippen LogP contribution < -0.4 is 4.89 Å². The smallest absolute Gasteiger partial charge is 0.479 e. The van der Waals surface area contributed by atoms with E-state index in [2.05, 4.69) is 42.6 Å². The molecule has 2 rings (SSSR count). The number of hydrogen-bond donors (Lipinski definition) is 2. The molecule has 2 aliphatic carbocycles. The Hall–Kier alpha value is -0.260. The molecule has 7 nitrogen and oxygen atoms in total. The van der Waals surface area contributed by atoms with E-state index in [1.165, 1.54) is 19.3 Å². The van der Waals surface area contributed by atoms with Gasteiger partial charge < -0.3 is 14.7 Å². The monoisotopic (exact) mass is 449 g/mol. The molecule has 0 radical (unpaired) electrons. The lowest BCUT2D eigenvalue weighted by Gasteiger charge is -2.53. The molecule has 168 valence electrons. The van der Waals surface area contributed by atoms with Crippen molar-refractivity contribution >= 4 is 15.6 Å². The minimum atomic E-state index is -5.34. The Morgan fingerprint density at radius 2 is 2.00 bits per heavy atom. The van der Waals surface area contributed by atoms with Crippen LogP contribution in [0.25, 0.3) is 0 Å². The average Bonchev–Trinajstić information content (AvgIpc) is 2.54. The van der Waals surface area contributed by atoms with Crippen LogP contribution >= 0.6 is 15.6 Å². The number of allylic oxidation sites excluding steroid dienone is 3. The van der Waals surface area contributed by atoms with Crippen LogP contribution in [0.4, 0.5) is 0 Å². The molecule has 1 fully saturated rings. The lowest BCUT2D eigenvalue weighted by molar-refractivity contribution is -0.212. The second-order valence-corrected chi connectivity index (χ2v) is 12.3. The van der Waals surface area contributed by atoms with Crippen molar-refractivity contribution in [3.8, 4) is 0 Å². The molecule has 29 heavy (non-hydrogen) atoms. The molecule has 0 aromatic heterocycles. The van der Waals surface area contributed by atoms with E-state index in [0.717, 1.165) is 24.8 Å². The molecule has 0 amide bonds. The summed E-state index contributed by atoms with van der Waals surface area (Å²) in [5.41, 5.74) is 3.07. The molecule has 0 bridgehead atoms. The van der Waals surface area contributed by atoms with E-state index in [1.807, 2.05) is 6.92 Å². The zero-order chi connectivity index (χ0) is 22.1. The van der Waals surface area contributed by atoms with Gasteiger partial charge in [0.2, 0.25) is 0 Å². The number of phosphoric ester groups is 1. The Kier molecular flexibility index (Phi) is 7.83. The molecule has 0 spiro atoms. The van der Waals surface area contributed by atoms with Crippen molar-refractivity contribution in [1.29, 1.82) is 0 Å². The highest BCUT2D eigenvalue weighted by Crippen LogP contribution is 2.58. The van der Waals surface area contributed by atoms with Crippen molar-refractivity contribution in [2.24, 2.45) is 22.7 Å². The molecule has 5 atom stereocenters. The minimum Gasteiger partial charge on any atom is -0.756 e. The van der Waals surface area contributed by atoms with E-state index >= 15 is 0 Å². The van der Waals surface area contributed by atoms with Crippen molar-refractivity contribution in [2.75, 3.05) is 6.61 Å². The minimum absolute atomic E-state index is 0.194. The molecule has 2 aliphatic rings. The summed E-state index contributed by atoms with van der Waals surface area (Å²) in [5.74, 6) is 1.16. The zero-order valence-corrected chi connectivity index (χ0v) is 19.9. The van der Waals surface area contributed by atoms with Crippen molar-refractivity contribution in [3.05, 3.63) is 23.3 Å². The first-order chi connectivity index (χ1) is 13.2. The van der Waals surface area contributed by atoms with Gasteiger partial charge >= 0.3 is 7.82 Å². The third-order valence-electron chi connectivity index (χ3n) is 7.00. The predicted molar refractivity (Wildman–Crippen MR) is 111 cm³/mol. The molecule has 0 heterocycles. The highest BCUT2D eigenvalue weighted by atomic mass is 31.3. The van der Waals surface area contributed by atoms with Gasteiger partial charge in [0.05, 0.1) is 6.61 Å². The van der Waals surface area contributed by atoms with E-state index in [-0.39, 0.29) is 17.4 Å². The van der Waals surface area contributed by atoms with E-state index in [9.17, 15) is 18.9 Å². The van der Waals surface area contributed by atoms with Crippen molar-refractivity contribution in [1.82, 2.24) is 0 Å². The first-order valence-electron chi connectivity index (χ1n) is 10.2. The predicted octanol–water partition coefficient (Wildman–Crippen LogP) is 5.11. The summed E-state index contributed by atoms with van der Waals surface area (Å²) in [5, 5.41) is 0. The van der Waals surface area contributed by atoms with Crippen LogP contribution in [0.5, 0.6) is 0 Å². The second-order valence-electron chi connectivity index (χ2n) is 9.50.